The summed E-state index contributed by atoms with van der Waals surface area (Å²) in [5.74, 6) is 0.751. The third-order valence-corrected chi connectivity index (χ3v) is 4.94. The molecule has 0 spiro atoms. The van der Waals surface area contributed by atoms with E-state index in [1.165, 1.54) is 7.11 Å². The van der Waals surface area contributed by atoms with Gasteiger partial charge in [0.05, 0.1) is 7.11 Å². The molecule has 2 aromatic carbocycles. The number of hydrogen-bond acceptors (Lipinski definition) is 5. The summed E-state index contributed by atoms with van der Waals surface area (Å²) >= 11 is 0. The molecule has 0 aliphatic carbocycles. The number of carbonyl (C=O) groups is 2. The van der Waals surface area contributed by atoms with Crippen LogP contribution in [0.15, 0.2) is 54.6 Å². The Balaban J connectivity index is 1.62. The van der Waals surface area contributed by atoms with Crippen LogP contribution >= 0.6 is 0 Å². The molecule has 1 fully saturated rings. The number of piperazine rings is 1. The van der Waals surface area contributed by atoms with Crippen LogP contribution < -0.4 is 9.64 Å². The van der Waals surface area contributed by atoms with Crippen molar-refractivity contribution >= 4 is 23.5 Å². The van der Waals surface area contributed by atoms with E-state index in [1.807, 2.05) is 53.4 Å². The maximum Gasteiger partial charge on any atom is 0.248 e. The summed E-state index contributed by atoms with van der Waals surface area (Å²) in [5, 5.41) is 0. The van der Waals surface area contributed by atoms with E-state index in [1.54, 1.807) is 19.3 Å². The van der Waals surface area contributed by atoms with Crippen LogP contribution in [-0.2, 0) is 9.53 Å². The Bertz CT molecular complexity index is 869. The molecule has 3 rings (SSSR count). The van der Waals surface area contributed by atoms with Crippen molar-refractivity contribution in [2.24, 2.45) is 0 Å². The molecule has 1 saturated heterocycles. The van der Waals surface area contributed by atoms with Gasteiger partial charge in [0.15, 0.2) is 5.78 Å². The summed E-state index contributed by atoms with van der Waals surface area (Å²) in [5.41, 5.74) is 2.57. The van der Waals surface area contributed by atoms with Crippen molar-refractivity contribution in [3.63, 3.8) is 0 Å². The highest BCUT2D eigenvalue weighted by Gasteiger charge is 2.21. The number of ketones is 1. The van der Waals surface area contributed by atoms with Gasteiger partial charge in [0.2, 0.25) is 5.91 Å². The van der Waals surface area contributed by atoms with Crippen LogP contribution in [0.2, 0.25) is 0 Å². The van der Waals surface area contributed by atoms with E-state index in [-0.39, 0.29) is 18.3 Å². The number of hydrogen-bond donors (Lipinski definition) is 0. The van der Waals surface area contributed by atoms with Crippen molar-refractivity contribution in [1.82, 2.24) is 4.90 Å². The third kappa shape index (κ3) is 5.45. The lowest BCUT2D eigenvalue weighted by Crippen LogP contribution is -2.49. The Labute approximate surface area is 171 Å². The highest BCUT2D eigenvalue weighted by Crippen LogP contribution is 2.19. The maximum atomic E-state index is 12.6. The summed E-state index contributed by atoms with van der Waals surface area (Å²) in [6.45, 7) is 2.88. The van der Waals surface area contributed by atoms with Gasteiger partial charge in [-0.05, 0) is 35.9 Å². The standard InChI is InChI=1S/C23H26N2O4/c1-28-17-23(27)25-14-12-24(13-15-25)20-5-3-4-19(16-20)22(26)11-8-18-6-9-21(29-2)10-7-18/h3-11,16H,12-15,17H2,1-2H3. The number of methoxy groups -OCH3 is 2. The molecule has 0 bridgehead atoms. The highest BCUT2D eigenvalue weighted by atomic mass is 16.5. The predicted octanol–water partition coefficient (Wildman–Crippen LogP) is 2.89. The van der Waals surface area contributed by atoms with E-state index >= 15 is 0 Å². The van der Waals surface area contributed by atoms with Gasteiger partial charge >= 0.3 is 0 Å². The summed E-state index contributed by atoms with van der Waals surface area (Å²) < 4.78 is 10.1. The molecule has 6 nitrogen and oxygen atoms in total. The van der Waals surface area contributed by atoms with Crippen LogP contribution in [-0.4, -0.2) is 63.6 Å². The fraction of sp³-hybridized carbons (Fsp3) is 0.304. The van der Waals surface area contributed by atoms with E-state index in [9.17, 15) is 9.59 Å². The predicted molar refractivity (Wildman–Crippen MR) is 113 cm³/mol. The minimum absolute atomic E-state index is 0.0137. The molecule has 0 radical (unpaired) electrons. The van der Waals surface area contributed by atoms with Gasteiger partial charge in [0.25, 0.3) is 0 Å². The maximum absolute atomic E-state index is 12.6. The molecule has 1 heterocycles. The molecule has 1 aliphatic rings. The number of anilines is 1. The number of nitrogens with zero attached hydrogens (tertiary/aromatic N) is 2. The lowest BCUT2D eigenvalue weighted by atomic mass is 10.1. The van der Waals surface area contributed by atoms with Gasteiger partial charge < -0.3 is 19.3 Å². The minimum Gasteiger partial charge on any atom is -0.497 e. The summed E-state index contributed by atoms with van der Waals surface area (Å²) in [7, 11) is 3.15. The van der Waals surface area contributed by atoms with Crippen LogP contribution in [0.1, 0.15) is 15.9 Å². The molecule has 0 N–H and O–H groups in total. The molecule has 0 atom stereocenters. The Kier molecular flexibility index (Phi) is 7.03. The molecule has 152 valence electrons. The Morgan fingerprint density at radius 2 is 1.72 bits per heavy atom. The Morgan fingerprint density at radius 3 is 2.38 bits per heavy atom. The van der Waals surface area contributed by atoms with Crippen molar-refractivity contribution < 1.29 is 19.1 Å². The first kappa shape index (κ1) is 20.6. The summed E-state index contributed by atoms with van der Waals surface area (Å²) in [6, 6.07) is 15.2. The molecule has 0 aromatic heterocycles. The number of allylic oxidation sites excluding steroid dienone is 1. The van der Waals surface area contributed by atoms with Gasteiger partial charge in [0, 0.05) is 44.5 Å². The van der Waals surface area contributed by atoms with Crippen molar-refractivity contribution in [3.8, 4) is 5.75 Å². The first-order valence-electron chi connectivity index (χ1n) is 9.59. The highest BCUT2D eigenvalue weighted by molar-refractivity contribution is 6.07. The van der Waals surface area contributed by atoms with E-state index < -0.39 is 0 Å². The van der Waals surface area contributed by atoms with Crippen molar-refractivity contribution in [2.45, 2.75) is 0 Å². The van der Waals surface area contributed by atoms with Crippen LogP contribution in [0.4, 0.5) is 5.69 Å². The first-order chi connectivity index (χ1) is 14.1. The molecular weight excluding hydrogens is 368 g/mol. The molecule has 0 saturated carbocycles. The van der Waals surface area contributed by atoms with Gasteiger partial charge in [0.1, 0.15) is 12.4 Å². The van der Waals surface area contributed by atoms with E-state index in [0.29, 0.717) is 18.7 Å². The van der Waals surface area contributed by atoms with Crippen molar-refractivity contribution in [3.05, 3.63) is 65.7 Å². The lowest BCUT2D eigenvalue weighted by Gasteiger charge is -2.36. The number of rotatable bonds is 7. The van der Waals surface area contributed by atoms with Gasteiger partial charge in [-0.1, -0.05) is 30.3 Å². The topological polar surface area (TPSA) is 59.1 Å². The van der Waals surface area contributed by atoms with E-state index in [2.05, 4.69) is 4.90 Å². The fourth-order valence-electron chi connectivity index (χ4n) is 3.27. The lowest BCUT2D eigenvalue weighted by molar-refractivity contribution is -0.135. The molecule has 1 amide bonds. The second-order valence-electron chi connectivity index (χ2n) is 6.82. The van der Waals surface area contributed by atoms with Gasteiger partial charge in [-0.15, -0.1) is 0 Å². The minimum atomic E-state index is -0.0448. The van der Waals surface area contributed by atoms with Crippen LogP contribution in [0.25, 0.3) is 6.08 Å². The van der Waals surface area contributed by atoms with Crippen LogP contribution in [0, 0.1) is 0 Å². The quantitative estimate of drug-likeness (QED) is 0.534. The third-order valence-electron chi connectivity index (χ3n) is 4.94. The van der Waals surface area contributed by atoms with Crippen molar-refractivity contribution in [2.75, 3.05) is 51.9 Å². The number of carbonyl (C=O) groups excluding carboxylic acids is 2. The second-order valence-corrected chi connectivity index (χ2v) is 6.82. The molecule has 29 heavy (non-hydrogen) atoms. The zero-order valence-electron chi connectivity index (χ0n) is 16.8. The summed E-state index contributed by atoms with van der Waals surface area (Å²) in [6.07, 6.45) is 3.39. The molecule has 1 aliphatic heterocycles. The Morgan fingerprint density at radius 1 is 1.00 bits per heavy atom. The van der Waals surface area contributed by atoms with Crippen molar-refractivity contribution in [1.29, 1.82) is 0 Å². The summed E-state index contributed by atoms with van der Waals surface area (Å²) in [4.78, 5) is 28.5. The monoisotopic (exact) mass is 394 g/mol. The van der Waals surface area contributed by atoms with Gasteiger partial charge in [-0.3, -0.25) is 9.59 Å². The average Bonchev–Trinajstić information content (AvgIpc) is 2.78. The van der Waals surface area contributed by atoms with Gasteiger partial charge in [-0.25, -0.2) is 0 Å². The molecular formula is C23H26N2O4. The number of amides is 1. The van der Waals surface area contributed by atoms with E-state index in [4.69, 9.17) is 9.47 Å². The zero-order valence-corrected chi connectivity index (χ0v) is 16.8. The SMILES string of the molecule is COCC(=O)N1CCN(c2cccc(C(=O)C=Cc3ccc(OC)cc3)c2)CC1. The normalized spacial score (nSPS) is 14.3. The average molecular weight is 394 g/mol. The largest absolute Gasteiger partial charge is 0.497 e. The smallest absolute Gasteiger partial charge is 0.248 e. The van der Waals surface area contributed by atoms with E-state index in [0.717, 1.165) is 30.1 Å². The van der Waals surface area contributed by atoms with Crippen LogP contribution in [0.5, 0.6) is 5.75 Å². The number of ether oxygens (including phenoxy) is 2. The Hall–Kier alpha value is -3.12. The first-order valence-corrected chi connectivity index (χ1v) is 9.59. The van der Waals surface area contributed by atoms with Gasteiger partial charge in [-0.2, -0.15) is 0 Å². The number of benzene rings is 2. The molecule has 6 heteroatoms. The molecule has 0 unspecified atom stereocenters. The van der Waals surface area contributed by atoms with Crippen LogP contribution in [0.3, 0.4) is 0 Å². The molecule has 2 aromatic rings. The second kappa shape index (κ2) is 9.89. The zero-order chi connectivity index (χ0) is 20.6. The fourth-order valence-corrected chi connectivity index (χ4v) is 3.27.